The summed E-state index contributed by atoms with van der Waals surface area (Å²) in [5.74, 6) is 0.218. The zero-order valence-corrected chi connectivity index (χ0v) is 7.43. The summed E-state index contributed by atoms with van der Waals surface area (Å²) in [5.41, 5.74) is 5.95. The molecule has 0 aliphatic heterocycles. The maximum Gasteiger partial charge on any atom is 0.238 e. The standard InChI is InChI=1S/C4H3IN6/c5-3-9-8-2-1-7-4(6)10-11(2)3/h1H,(H2,6,10). The van der Waals surface area contributed by atoms with E-state index in [0.717, 1.165) is 0 Å². The Labute approximate surface area is 75.0 Å². The summed E-state index contributed by atoms with van der Waals surface area (Å²) in [6.07, 6.45) is 1.53. The van der Waals surface area contributed by atoms with Crippen LogP contribution in [-0.2, 0) is 0 Å². The highest BCUT2D eigenvalue weighted by molar-refractivity contribution is 14.1. The molecule has 0 aromatic carbocycles. The van der Waals surface area contributed by atoms with Crippen LogP contribution < -0.4 is 5.73 Å². The van der Waals surface area contributed by atoms with Crippen LogP contribution in [0.3, 0.4) is 0 Å². The molecule has 0 aliphatic rings. The molecule has 2 aromatic rings. The van der Waals surface area contributed by atoms with Crippen LogP contribution in [0.25, 0.3) is 5.65 Å². The number of nitrogen functional groups attached to an aromatic ring is 1. The van der Waals surface area contributed by atoms with Gasteiger partial charge in [-0.1, -0.05) is 0 Å². The molecule has 0 atom stereocenters. The number of aromatic nitrogens is 5. The van der Waals surface area contributed by atoms with Gasteiger partial charge in [0.25, 0.3) is 0 Å². The molecule has 0 saturated heterocycles. The highest BCUT2D eigenvalue weighted by Crippen LogP contribution is 2.02. The first kappa shape index (κ1) is 6.70. The zero-order chi connectivity index (χ0) is 7.84. The average Bonchev–Trinajstić information content (AvgIpc) is 2.33. The van der Waals surface area contributed by atoms with Crippen LogP contribution in [0.5, 0.6) is 0 Å². The first-order chi connectivity index (χ1) is 5.27. The summed E-state index contributed by atoms with van der Waals surface area (Å²) in [7, 11) is 0. The number of nitrogens with zero attached hydrogens (tertiary/aromatic N) is 5. The van der Waals surface area contributed by atoms with Gasteiger partial charge in [-0.3, -0.25) is 0 Å². The molecule has 0 bridgehead atoms. The molecule has 2 rings (SSSR count). The van der Waals surface area contributed by atoms with Gasteiger partial charge in [-0.2, -0.15) is 4.52 Å². The second kappa shape index (κ2) is 2.26. The van der Waals surface area contributed by atoms with Crippen molar-refractivity contribution in [2.75, 3.05) is 5.73 Å². The molecular weight excluding hydrogens is 259 g/mol. The Balaban J connectivity index is 2.87. The third-order valence-electron chi connectivity index (χ3n) is 1.14. The summed E-state index contributed by atoms with van der Waals surface area (Å²) in [6, 6.07) is 0. The monoisotopic (exact) mass is 262 g/mol. The largest absolute Gasteiger partial charge is 0.367 e. The van der Waals surface area contributed by atoms with Gasteiger partial charge in [0, 0.05) is 22.6 Å². The highest BCUT2D eigenvalue weighted by Gasteiger charge is 2.02. The molecule has 0 aliphatic carbocycles. The number of anilines is 1. The van der Waals surface area contributed by atoms with Crippen molar-refractivity contribution >= 4 is 34.2 Å². The molecule has 2 aromatic heterocycles. The molecule has 0 radical (unpaired) electrons. The van der Waals surface area contributed by atoms with Crippen molar-refractivity contribution < 1.29 is 0 Å². The normalized spacial score (nSPS) is 10.6. The number of halogens is 1. The molecule has 0 amide bonds. The predicted molar refractivity (Wildman–Crippen MR) is 45.7 cm³/mol. The predicted octanol–water partition coefficient (Wildman–Crippen LogP) is -0.294. The van der Waals surface area contributed by atoms with Crippen molar-refractivity contribution in [1.82, 2.24) is 24.8 Å². The third kappa shape index (κ3) is 1.00. The average molecular weight is 262 g/mol. The zero-order valence-electron chi connectivity index (χ0n) is 5.27. The van der Waals surface area contributed by atoms with E-state index in [1.807, 2.05) is 22.6 Å². The number of fused-ring (bicyclic) bond motifs is 1. The van der Waals surface area contributed by atoms with Crippen LogP contribution in [0.2, 0.25) is 0 Å². The molecule has 7 heteroatoms. The fourth-order valence-electron chi connectivity index (χ4n) is 0.697. The maximum atomic E-state index is 5.35. The summed E-state index contributed by atoms with van der Waals surface area (Å²) in [5, 5.41) is 11.4. The van der Waals surface area contributed by atoms with Crippen molar-refractivity contribution in [3.63, 3.8) is 0 Å². The van der Waals surface area contributed by atoms with E-state index in [4.69, 9.17) is 5.73 Å². The Morgan fingerprint density at radius 3 is 3.09 bits per heavy atom. The lowest BCUT2D eigenvalue weighted by Gasteiger charge is -1.91. The smallest absolute Gasteiger partial charge is 0.238 e. The van der Waals surface area contributed by atoms with Crippen LogP contribution in [-0.4, -0.2) is 24.8 Å². The van der Waals surface area contributed by atoms with Gasteiger partial charge in [-0.25, -0.2) is 4.98 Å². The maximum absolute atomic E-state index is 5.35. The van der Waals surface area contributed by atoms with Crippen molar-refractivity contribution in [3.8, 4) is 0 Å². The minimum absolute atomic E-state index is 0.218. The van der Waals surface area contributed by atoms with Crippen LogP contribution in [0.4, 0.5) is 5.95 Å². The van der Waals surface area contributed by atoms with E-state index < -0.39 is 0 Å². The minimum atomic E-state index is 0.218. The Morgan fingerprint density at radius 2 is 2.27 bits per heavy atom. The lowest BCUT2D eigenvalue weighted by Crippen LogP contribution is -2.01. The van der Waals surface area contributed by atoms with Crippen molar-refractivity contribution in [3.05, 3.63) is 10.0 Å². The number of rotatable bonds is 0. The fraction of sp³-hybridized carbons (Fsp3) is 0. The third-order valence-corrected chi connectivity index (χ3v) is 1.81. The van der Waals surface area contributed by atoms with Crippen molar-refractivity contribution in [2.24, 2.45) is 0 Å². The molecule has 0 saturated carbocycles. The fourth-order valence-corrected chi connectivity index (χ4v) is 1.16. The minimum Gasteiger partial charge on any atom is -0.367 e. The highest BCUT2D eigenvalue weighted by atomic mass is 127. The van der Waals surface area contributed by atoms with Crippen molar-refractivity contribution in [2.45, 2.75) is 0 Å². The van der Waals surface area contributed by atoms with Gasteiger partial charge in [0.15, 0.2) is 5.65 Å². The number of nitrogens with two attached hydrogens (primary N) is 1. The van der Waals surface area contributed by atoms with Gasteiger partial charge in [-0.15, -0.1) is 15.3 Å². The summed E-state index contributed by atoms with van der Waals surface area (Å²) in [6.45, 7) is 0. The van der Waals surface area contributed by atoms with Gasteiger partial charge in [0.05, 0.1) is 6.20 Å². The molecule has 0 fully saturated rings. The van der Waals surface area contributed by atoms with Crippen molar-refractivity contribution in [1.29, 1.82) is 0 Å². The SMILES string of the molecule is Nc1ncc2nnc(I)n2n1. The second-order valence-electron chi connectivity index (χ2n) is 1.86. The van der Waals surface area contributed by atoms with E-state index in [1.165, 1.54) is 10.7 Å². The molecule has 0 spiro atoms. The van der Waals surface area contributed by atoms with E-state index >= 15 is 0 Å². The summed E-state index contributed by atoms with van der Waals surface area (Å²) in [4.78, 5) is 3.76. The first-order valence-corrected chi connectivity index (χ1v) is 3.84. The van der Waals surface area contributed by atoms with E-state index in [1.54, 1.807) is 0 Å². The summed E-state index contributed by atoms with van der Waals surface area (Å²) >= 11 is 2.01. The summed E-state index contributed by atoms with van der Waals surface area (Å²) < 4.78 is 2.20. The topological polar surface area (TPSA) is 82.0 Å². The molecule has 6 nitrogen and oxygen atoms in total. The Kier molecular flexibility index (Phi) is 1.37. The van der Waals surface area contributed by atoms with Gasteiger partial charge >= 0.3 is 0 Å². The van der Waals surface area contributed by atoms with Gasteiger partial charge in [0.1, 0.15) is 0 Å². The lowest BCUT2D eigenvalue weighted by molar-refractivity contribution is 0.878. The van der Waals surface area contributed by atoms with Gasteiger partial charge in [-0.05, 0) is 0 Å². The van der Waals surface area contributed by atoms with Crippen LogP contribution in [0, 0.1) is 3.83 Å². The molecule has 11 heavy (non-hydrogen) atoms. The number of hydrogen-bond acceptors (Lipinski definition) is 5. The quantitative estimate of drug-likeness (QED) is 0.659. The molecular formula is C4H3IN6. The van der Waals surface area contributed by atoms with E-state index in [0.29, 0.717) is 9.48 Å². The molecule has 0 unspecified atom stereocenters. The lowest BCUT2D eigenvalue weighted by atomic mass is 10.8. The molecule has 2 N–H and O–H groups in total. The first-order valence-electron chi connectivity index (χ1n) is 2.77. The molecule has 56 valence electrons. The van der Waals surface area contributed by atoms with E-state index in [9.17, 15) is 0 Å². The van der Waals surface area contributed by atoms with Gasteiger partial charge in [0.2, 0.25) is 9.78 Å². The van der Waals surface area contributed by atoms with Gasteiger partial charge < -0.3 is 5.73 Å². The molecule has 2 heterocycles. The Bertz CT molecular complexity index is 394. The van der Waals surface area contributed by atoms with E-state index in [2.05, 4.69) is 20.3 Å². The van der Waals surface area contributed by atoms with Crippen LogP contribution in [0.1, 0.15) is 0 Å². The second-order valence-corrected chi connectivity index (χ2v) is 2.82. The van der Waals surface area contributed by atoms with Crippen LogP contribution in [0.15, 0.2) is 6.20 Å². The number of hydrogen-bond donors (Lipinski definition) is 1. The Morgan fingerprint density at radius 1 is 1.45 bits per heavy atom. The Hall–Kier alpha value is -0.990. The van der Waals surface area contributed by atoms with Crippen LogP contribution >= 0.6 is 22.6 Å². The van der Waals surface area contributed by atoms with E-state index in [-0.39, 0.29) is 5.95 Å².